The van der Waals surface area contributed by atoms with Crippen LogP contribution in [0.5, 0.6) is 0 Å². The first-order valence-corrected chi connectivity index (χ1v) is 10.5. The van der Waals surface area contributed by atoms with Crippen LogP contribution in [-0.4, -0.2) is 17.0 Å². The molecule has 5 atom stereocenters. The van der Waals surface area contributed by atoms with E-state index >= 15 is 0 Å². The molecule has 0 radical (unpaired) electrons. The number of ether oxygens (including phenoxy) is 1. The predicted octanol–water partition coefficient (Wildman–Crippen LogP) is 6.09. The molecule has 142 valence electrons. The van der Waals surface area contributed by atoms with Gasteiger partial charge in [-0.05, 0) is 87.2 Å². The van der Waals surface area contributed by atoms with Gasteiger partial charge >= 0.3 is 0 Å². The molecule has 0 aromatic carbocycles. The highest BCUT2D eigenvalue weighted by molar-refractivity contribution is 5.89. The maximum atomic E-state index is 11.7. The van der Waals surface area contributed by atoms with E-state index in [0.29, 0.717) is 23.2 Å². The van der Waals surface area contributed by atoms with Crippen LogP contribution < -0.4 is 0 Å². The maximum absolute atomic E-state index is 11.7. The Bertz CT molecular complexity index is 562. The number of allylic oxidation sites excluding steroid dienone is 1. The van der Waals surface area contributed by atoms with Gasteiger partial charge in [0.2, 0.25) is 0 Å². The first kappa shape index (κ1) is 19.1. The number of ketones is 1. The average Bonchev–Trinajstić information content (AvgIpc) is 2.50. The molecule has 0 spiro atoms. The lowest BCUT2D eigenvalue weighted by atomic mass is 9.44. The normalized spacial score (nSPS) is 46.5. The summed E-state index contributed by atoms with van der Waals surface area (Å²) in [6, 6.07) is 0. The largest absolute Gasteiger partial charge is 0.365 e. The molecule has 0 aromatic heterocycles. The van der Waals surface area contributed by atoms with Crippen LogP contribution >= 0.6 is 0 Å². The molecule has 25 heavy (non-hydrogen) atoms. The van der Waals surface area contributed by atoms with Gasteiger partial charge in [-0.15, -0.1) is 0 Å². The Kier molecular flexibility index (Phi) is 4.76. The fourth-order valence-electron chi connectivity index (χ4n) is 6.88. The van der Waals surface area contributed by atoms with E-state index in [2.05, 4.69) is 34.6 Å². The molecule has 0 unspecified atom stereocenters. The fourth-order valence-corrected chi connectivity index (χ4v) is 6.88. The lowest BCUT2D eigenvalue weighted by molar-refractivity contribution is -0.252. The van der Waals surface area contributed by atoms with Gasteiger partial charge in [0.1, 0.15) is 0 Å². The van der Waals surface area contributed by atoms with E-state index in [9.17, 15) is 4.79 Å². The molecule has 3 fully saturated rings. The van der Waals surface area contributed by atoms with E-state index in [4.69, 9.17) is 4.74 Å². The number of carbonyl (C=O) groups is 1. The predicted molar refractivity (Wildman–Crippen MR) is 104 cm³/mol. The zero-order valence-corrected chi connectivity index (χ0v) is 17.3. The van der Waals surface area contributed by atoms with Gasteiger partial charge < -0.3 is 4.74 Å². The summed E-state index contributed by atoms with van der Waals surface area (Å²) < 4.78 is 6.80. The quantitative estimate of drug-likeness (QED) is 0.578. The SMILES string of the molecule is CCC(=O)/C=C/[C@@]1(C)CC[C@@H]2[C@@]3(C)CCCC(C)(C)[C@H]3CC[C@@]2(C)O1. The monoisotopic (exact) mass is 346 g/mol. The lowest BCUT2D eigenvalue weighted by Gasteiger charge is -2.65. The molecule has 3 aliphatic rings. The first-order valence-electron chi connectivity index (χ1n) is 10.5. The van der Waals surface area contributed by atoms with Crippen LogP contribution in [0.25, 0.3) is 0 Å². The van der Waals surface area contributed by atoms with Crippen molar-refractivity contribution in [3.8, 4) is 0 Å². The molecule has 0 N–H and O–H groups in total. The number of hydrogen-bond acceptors (Lipinski definition) is 2. The molecule has 2 nitrogen and oxygen atoms in total. The molecule has 2 heteroatoms. The zero-order chi connectivity index (χ0) is 18.5. The Morgan fingerprint density at radius 2 is 1.68 bits per heavy atom. The summed E-state index contributed by atoms with van der Waals surface area (Å²) in [7, 11) is 0. The number of hydrogen-bond donors (Lipinski definition) is 0. The van der Waals surface area contributed by atoms with Gasteiger partial charge in [0.25, 0.3) is 0 Å². The molecule has 2 saturated carbocycles. The van der Waals surface area contributed by atoms with Gasteiger partial charge in [-0.1, -0.05) is 34.1 Å². The van der Waals surface area contributed by atoms with Crippen LogP contribution in [-0.2, 0) is 9.53 Å². The molecule has 1 saturated heterocycles. The van der Waals surface area contributed by atoms with Gasteiger partial charge in [-0.3, -0.25) is 4.79 Å². The minimum Gasteiger partial charge on any atom is -0.365 e. The Hall–Kier alpha value is -0.630. The molecular weight excluding hydrogens is 308 g/mol. The number of carbonyl (C=O) groups excluding carboxylic acids is 1. The second-order valence-corrected chi connectivity index (χ2v) is 10.4. The molecule has 1 aliphatic heterocycles. The van der Waals surface area contributed by atoms with E-state index in [-0.39, 0.29) is 17.0 Å². The van der Waals surface area contributed by atoms with Gasteiger partial charge in [0.15, 0.2) is 5.78 Å². The highest BCUT2D eigenvalue weighted by Gasteiger charge is 2.61. The van der Waals surface area contributed by atoms with Crippen molar-refractivity contribution in [1.29, 1.82) is 0 Å². The van der Waals surface area contributed by atoms with E-state index in [0.717, 1.165) is 18.8 Å². The topological polar surface area (TPSA) is 26.3 Å². The first-order chi connectivity index (χ1) is 11.5. The molecule has 2 aliphatic carbocycles. The summed E-state index contributed by atoms with van der Waals surface area (Å²) in [5.41, 5.74) is 0.524. The van der Waals surface area contributed by atoms with E-state index in [1.165, 1.54) is 32.1 Å². The van der Waals surface area contributed by atoms with Crippen molar-refractivity contribution in [2.75, 3.05) is 0 Å². The molecule has 0 bridgehead atoms. The third kappa shape index (κ3) is 3.24. The van der Waals surface area contributed by atoms with Crippen LogP contribution in [0, 0.1) is 22.7 Å². The molecule has 0 amide bonds. The third-order valence-electron chi connectivity index (χ3n) is 8.10. The van der Waals surface area contributed by atoms with E-state index < -0.39 is 0 Å². The molecule has 0 aromatic rings. The van der Waals surface area contributed by atoms with Gasteiger partial charge in [-0.25, -0.2) is 0 Å². The second kappa shape index (κ2) is 6.22. The Morgan fingerprint density at radius 1 is 1.00 bits per heavy atom. The van der Waals surface area contributed by atoms with Crippen molar-refractivity contribution >= 4 is 5.78 Å². The molecule has 3 rings (SSSR count). The number of fused-ring (bicyclic) bond motifs is 3. The molecular formula is C23H38O2. The van der Waals surface area contributed by atoms with Crippen LogP contribution in [0.1, 0.15) is 92.9 Å². The average molecular weight is 347 g/mol. The van der Waals surface area contributed by atoms with Gasteiger partial charge in [-0.2, -0.15) is 0 Å². The lowest BCUT2D eigenvalue weighted by Crippen LogP contribution is -2.62. The standard InChI is InChI=1S/C23H38O2/c1-7-17(24)9-14-21(4)15-10-19-22(5)13-8-12-20(2,3)18(22)11-16-23(19,6)25-21/h9,14,18-19H,7-8,10-13,15-16H2,1-6H3/b14-9+/t18-,19-,21+,22+,23-/m1/s1. The van der Waals surface area contributed by atoms with Crippen molar-refractivity contribution < 1.29 is 9.53 Å². The van der Waals surface area contributed by atoms with Crippen molar-refractivity contribution in [2.45, 2.75) is 104 Å². The van der Waals surface area contributed by atoms with Crippen molar-refractivity contribution in [1.82, 2.24) is 0 Å². The fraction of sp³-hybridized carbons (Fsp3) is 0.870. The Labute approximate surface area is 154 Å². The summed E-state index contributed by atoms with van der Waals surface area (Å²) >= 11 is 0. The third-order valence-corrected chi connectivity index (χ3v) is 8.10. The van der Waals surface area contributed by atoms with E-state index in [1.54, 1.807) is 6.08 Å². The van der Waals surface area contributed by atoms with Gasteiger partial charge in [0, 0.05) is 6.42 Å². The van der Waals surface area contributed by atoms with Crippen LogP contribution in [0.2, 0.25) is 0 Å². The van der Waals surface area contributed by atoms with Crippen LogP contribution in [0.15, 0.2) is 12.2 Å². The highest BCUT2D eigenvalue weighted by atomic mass is 16.5. The Morgan fingerprint density at radius 3 is 2.36 bits per heavy atom. The smallest absolute Gasteiger partial charge is 0.155 e. The highest BCUT2D eigenvalue weighted by Crippen LogP contribution is 2.65. The molecule has 1 heterocycles. The van der Waals surface area contributed by atoms with Crippen molar-refractivity contribution in [3.63, 3.8) is 0 Å². The van der Waals surface area contributed by atoms with Crippen LogP contribution in [0.4, 0.5) is 0 Å². The van der Waals surface area contributed by atoms with Crippen molar-refractivity contribution in [3.05, 3.63) is 12.2 Å². The zero-order valence-electron chi connectivity index (χ0n) is 17.3. The maximum Gasteiger partial charge on any atom is 0.155 e. The van der Waals surface area contributed by atoms with E-state index in [1.807, 2.05) is 13.0 Å². The summed E-state index contributed by atoms with van der Waals surface area (Å²) in [6.07, 6.45) is 13.1. The minimum absolute atomic E-state index is 0.0503. The summed E-state index contributed by atoms with van der Waals surface area (Å²) in [4.78, 5) is 11.7. The summed E-state index contributed by atoms with van der Waals surface area (Å²) in [5.74, 6) is 1.65. The minimum atomic E-state index is -0.288. The second-order valence-electron chi connectivity index (χ2n) is 10.4. The van der Waals surface area contributed by atoms with Crippen LogP contribution in [0.3, 0.4) is 0 Å². The summed E-state index contributed by atoms with van der Waals surface area (Å²) in [5, 5.41) is 0. The Balaban J connectivity index is 1.85. The number of rotatable bonds is 3. The summed E-state index contributed by atoms with van der Waals surface area (Å²) in [6.45, 7) is 14.0. The van der Waals surface area contributed by atoms with Gasteiger partial charge in [0.05, 0.1) is 11.2 Å². The van der Waals surface area contributed by atoms with Crippen molar-refractivity contribution in [2.24, 2.45) is 22.7 Å².